The van der Waals surface area contributed by atoms with Gasteiger partial charge in [-0.2, -0.15) is 18.3 Å². The molecule has 308 valence electrons. The Morgan fingerprint density at radius 3 is 2.41 bits per heavy atom. The number of hydrogen-bond donors (Lipinski definition) is 3. The van der Waals surface area contributed by atoms with Crippen LogP contribution in [-0.2, 0) is 27.9 Å². The summed E-state index contributed by atoms with van der Waals surface area (Å²) in [5, 5.41) is 20.9. The van der Waals surface area contributed by atoms with Gasteiger partial charge in [0.15, 0.2) is 9.84 Å². The number of carbonyl (C=O) groups is 2. The molecule has 8 rings (SSSR count). The van der Waals surface area contributed by atoms with Crippen LogP contribution in [0, 0.1) is 5.92 Å². The van der Waals surface area contributed by atoms with Gasteiger partial charge in [0.1, 0.15) is 17.6 Å². The molecule has 3 aliphatic rings. The summed E-state index contributed by atoms with van der Waals surface area (Å²) in [6.45, 7) is 2.84. The third kappa shape index (κ3) is 7.76. The molecule has 2 aromatic carbocycles. The van der Waals surface area contributed by atoms with Gasteiger partial charge in [-0.3, -0.25) is 23.4 Å². The lowest BCUT2D eigenvalue weighted by Gasteiger charge is -2.37. The van der Waals surface area contributed by atoms with Crippen molar-refractivity contribution >= 4 is 49.3 Å². The molecule has 0 spiro atoms. The number of para-hydroxylation sites is 1. The van der Waals surface area contributed by atoms with Gasteiger partial charge in [-0.1, -0.05) is 18.2 Å². The van der Waals surface area contributed by atoms with Gasteiger partial charge in [-0.15, -0.1) is 0 Å². The Hall–Kier alpha value is -5.07. The summed E-state index contributed by atoms with van der Waals surface area (Å²) in [6, 6.07) is 11.3. The zero-order valence-corrected chi connectivity index (χ0v) is 32.9. The number of benzene rings is 2. The predicted molar refractivity (Wildman–Crippen MR) is 209 cm³/mol. The highest BCUT2D eigenvalue weighted by Crippen LogP contribution is 2.38. The largest absolute Gasteiger partial charge is 0.433 e. The smallest absolute Gasteiger partial charge is 0.372 e. The number of alkyl halides is 3. The zero-order chi connectivity index (χ0) is 41.1. The van der Waals surface area contributed by atoms with E-state index in [9.17, 15) is 41.1 Å². The highest BCUT2D eigenvalue weighted by atomic mass is 32.2. The zero-order valence-electron chi connectivity index (χ0n) is 32.1. The third-order valence-corrected chi connectivity index (χ3v) is 13.2. The third-order valence-electron chi connectivity index (χ3n) is 12.1. The van der Waals surface area contributed by atoms with Crippen LogP contribution >= 0.6 is 0 Å². The van der Waals surface area contributed by atoms with E-state index in [2.05, 4.69) is 26.6 Å². The molecule has 58 heavy (non-hydrogen) atoms. The second-order valence-electron chi connectivity index (χ2n) is 15.9. The predicted octanol–water partition coefficient (Wildman–Crippen LogP) is 5.14. The number of fused-ring (bicyclic) bond motifs is 2. The second-order valence-corrected chi connectivity index (χ2v) is 17.9. The van der Waals surface area contributed by atoms with Crippen LogP contribution in [0.4, 0.5) is 18.9 Å². The second kappa shape index (κ2) is 15.3. The summed E-state index contributed by atoms with van der Waals surface area (Å²) in [4.78, 5) is 44.0. The molecule has 1 aliphatic carbocycles. The maximum Gasteiger partial charge on any atom is 0.433 e. The molecule has 5 aromatic rings. The lowest BCUT2D eigenvalue weighted by molar-refractivity contribution is -0.141. The first-order chi connectivity index (χ1) is 27.5. The number of likely N-dealkylation sites (tertiary alicyclic amines) is 1. The van der Waals surface area contributed by atoms with Crippen molar-refractivity contribution in [3.05, 3.63) is 82.2 Å². The van der Waals surface area contributed by atoms with Crippen LogP contribution in [0.25, 0.3) is 21.9 Å². The molecule has 3 aromatic heterocycles. The summed E-state index contributed by atoms with van der Waals surface area (Å²) in [6.07, 6.45) is 3.20. The van der Waals surface area contributed by atoms with Crippen molar-refractivity contribution in [3.63, 3.8) is 0 Å². The van der Waals surface area contributed by atoms with Crippen molar-refractivity contribution in [2.75, 3.05) is 31.2 Å². The van der Waals surface area contributed by atoms with Crippen LogP contribution in [0.15, 0.2) is 64.4 Å². The van der Waals surface area contributed by atoms with Gasteiger partial charge in [0.25, 0.3) is 5.91 Å². The molecule has 3 N–H and O–H groups in total. The number of rotatable bonds is 8. The first kappa shape index (κ1) is 39.7. The first-order valence-electron chi connectivity index (χ1n) is 19.5. The summed E-state index contributed by atoms with van der Waals surface area (Å²) in [5.74, 6) is -0.421. The molecule has 1 saturated carbocycles. The molecule has 0 radical (unpaired) electrons. The van der Waals surface area contributed by atoms with E-state index in [4.69, 9.17) is 5.10 Å². The lowest BCUT2D eigenvalue weighted by atomic mass is 9.84. The van der Waals surface area contributed by atoms with E-state index in [1.165, 1.54) is 12.1 Å². The van der Waals surface area contributed by atoms with Crippen molar-refractivity contribution < 1.29 is 36.3 Å². The Morgan fingerprint density at radius 2 is 1.72 bits per heavy atom. The summed E-state index contributed by atoms with van der Waals surface area (Å²) in [7, 11) is -2.10. The van der Waals surface area contributed by atoms with Crippen molar-refractivity contribution in [3.8, 4) is 0 Å². The number of aliphatic hydroxyl groups is 1. The van der Waals surface area contributed by atoms with Gasteiger partial charge in [-0.25, -0.2) is 18.2 Å². The number of nitrogens with zero attached hydrogens (tertiary/aromatic N) is 6. The fourth-order valence-electron chi connectivity index (χ4n) is 9.11. The number of sulfone groups is 1. The average Bonchev–Trinajstić information content (AvgIpc) is 3.72. The SMILES string of the molecule is Cn1c(=O)n(C2CCC(=O)NC2O)c2cccc(C3CCN(CC4CCC(n5cc6cc(NC(=O)c7cccc(C(F)(F)F)n7)c(S(C)(=O)=O)cc6n5)CC4)CC3)c21. The van der Waals surface area contributed by atoms with Crippen molar-refractivity contribution in [1.82, 2.24) is 34.1 Å². The van der Waals surface area contributed by atoms with E-state index in [-0.39, 0.29) is 40.6 Å². The Labute approximate surface area is 331 Å². The number of piperidine rings is 2. The number of amides is 2. The number of aliphatic hydroxyl groups excluding tert-OH is 1. The van der Waals surface area contributed by atoms with Gasteiger partial charge in [0.05, 0.1) is 39.2 Å². The van der Waals surface area contributed by atoms with Gasteiger partial charge in [-0.05, 0) is 106 Å². The Balaban J connectivity index is 0.899. The number of nitrogens with one attached hydrogen (secondary N) is 2. The minimum Gasteiger partial charge on any atom is -0.372 e. The highest BCUT2D eigenvalue weighted by molar-refractivity contribution is 7.90. The van der Waals surface area contributed by atoms with Gasteiger partial charge >= 0.3 is 11.9 Å². The number of pyridine rings is 1. The monoisotopic (exact) mass is 822 g/mol. The van der Waals surface area contributed by atoms with E-state index < -0.39 is 45.6 Å². The molecule has 2 unspecified atom stereocenters. The number of imidazole rings is 1. The Kier molecular flexibility index (Phi) is 10.5. The number of anilines is 1. The maximum atomic E-state index is 13.5. The molecule has 2 amide bonds. The van der Waals surface area contributed by atoms with E-state index in [1.807, 2.05) is 23.0 Å². The standard InChI is InChI=1S/C40H45F3N8O6S/c1-48-36-27(5-3-7-31(36)51(39(48)55)32-13-14-35(52)46-38(32)54)24-15-17-49(18-16-24)21-23-9-11-26(12-10-23)50-22-25-19-30(33(58(2,56)57)20-29(25)47-50)45-37(53)28-6-4-8-34(44-28)40(41,42)43/h3-8,19-20,22-24,26,32,38,54H,9-18,21H2,1-2H3,(H,45,53)(H,46,52). The van der Waals surface area contributed by atoms with E-state index in [0.29, 0.717) is 23.2 Å². The first-order valence-corrected chi connectivity index (χ1v) is 21.4. The summed E-state index contributed by atoms with van der Waals surface area (Å²) < 4.78 is 70.3. The molecular formula is C40H45F3N8O6S. The summed E-state index contributed by atoms with van der Waals surface area (Å²) >= 11 is 0. The van der Waals surface area contributed by atoms with Crippen LogP contribution < -0.4 is 16.3 Å². The highest BCUT2D eigenvalue weighted by Gasteiger charge is 2.35. The molecule has 2 atom stereocenters. The van der Waals surface area contributed by atoms with E-state index >= 15 is 0 Å². The molecule has 5 heterocycles. The van der Waals surface area contributed by atoms with Crippen molar-refractivity contribution in [1.29, 1.82) is 0 Å². The molecule has 0 bridgehead atoms. The Bertz CT molecular complexity index is 2570. The minimum absolute atomic E-state index is 0.0686. The number of carbonyl (C=O) groups excluding carboxylic acids is 2. The minimum atomic E-state index is -4.75. The van der Waals surface area contributed by atoms with Crippen LogP contribution in [0.5, 0.6) is 0 Å². The van der Waals surface area contributed by atoms with Crippen LogP contribution in [0.1, 0.15) is 91.1 Å². The fourth-order valence-corrected chi connectivity index (χ4v) is 9.95. The van der Waals surface area contributed by atoms with Gasteiger partial charge < -0.3 is 20.6 Å². The Morgan fingerprint density at radius 1 is 1.00 bits per heavy atom. The number of aromatic nitrogens is 5. The average molecular weight is 823 g/mol. The topological polar surface area (TPSA) is 173 Å². The summed E-state index contributed by atoms with van der Waals surface area (Å²) in [5.41, 5.74) is 1.18. The number of aryl methyl sites for hydroxylation is 1. The van der Waals surface area contributed by atoms with Gasteiger partial charge in [0.2, 0.25) is 5.91 Å². The number of halogens is 3. The molecule has 2 aliphatic heterocycles. The van der Waals surface area contributed by atoms with E-state index in [0.717, 1.165) is 99.2 Å². The molecule has 18 heteroatoms. The quantitative estimate of drug-likeness (QED) is 0.192. The fraction of sp³-hybridized carbons (Fsp3) is 0.475. The molecule has 2 saturated heterocycles. The van der Waals surface area contributed by atoms with E-state index in [1.54, 1.807) is 16.2 Å². The van der Waals surface area contributed by atoms with Crippen molar-refractivity contribution in [2.45, 2.75) is 86.7 Å². The van der Waals surface area contributed by atoms with Crippen LogP contribution in [0.2, 0.25) is 0 Å². The number of hydrogen-bond acceptors (Lipinski definition) is 9. The molecular weight excluding hydrogens is 778 g/mol. The van der Waals surface area contributed by atoms with Crippen molar-refractivity contribution in [2.24, 2.45) is 13.0 Å². The van der Waals surface area contributed by atoms with Gasteiger partial charge in [0, 0.05) is 37.9 Å². The van der Waals surface area contributed by atoms with Crippen LogP contribution in [0.3, 0.4) is 0 Å². The normalized spacial score (nSPS) is 22.7. The maximum absolute atomic E-state index is 13.5. The molecule has 3 fully saturated rings. The lowest BCUT2D eigenvalue weighted by Crippen LogP contribution is -2.47. The molecule has 14 nitrogen and oxygen atoms in total. The van der Waals surface area contributed by atoms with Crippen LogP contribution in [-0.4, -0.2) is 86.3 Å².